The number of urea groups is 1. The van der Waals surface area contributed by atoms with Gasteiger partial charge < -0.3 is 10.2 Å². The molecular weight excluding hydrogens is 343 g/mol. The van der Waals surface area contributed by atoms with E-state index in [2.05, 4.69) is 29.6 Å². The van der Waals surface area contributed by atoms with E-state index in [1.165, 1.54) is 5.56 Å². The molecule has 2 aromatic rings. The summed E-state index contributed by atoms with van der Waals surface area (Å²) in [5.74, 6) is 0.635. The van der Waals surface area contributed by atoms with E-state index in [1.807, 2.05) is 11.0 Å². The Balaban J connectivity index is 1.51. The van der Waals surface area contributed by atoms with Crippen LogP contribution in [0.3, 0.4) is 0 Å². The number of piperidine rings is 1. The Morgan fingerprint density at radius 1 is 1.08 bits per heavy atom. The maximum absolute atomic E-state index is 12.4. The van der Waals surface area contributed by atoms with Crippen molar-refractivity contribution in [2.24, 2.45) is 5.92 Å². The van der Waals surface area contributed by atoms with E-state index in [0.717, 1.165) is 32.4 Å². The number of benzene rings is 2. The molecule has 1 heterocycles. The molecule has 1 fully saturated rings. The molecule has 1 aliphatic rings. The lowest BCUT2D eigenvalue weighted by molar-refractivity contribution is 0.182. The van der Waals surface area contributed by atoms with Gasteiger partial charge in [-0.15, -0.1) is 0 Å². The van der Waals surface area contributed by atoms with Gasteiger partial charge in [0.15, 0.2) is 0 Å². The molecule has 3 nitrogen and oxygen atoms in total. The van der Waals surface area contributed by atoms with Crippen LogP contribution in [0.5, 0.6) is 0 Å². The van der Waals surface area contributed by atoms with Crippen molar-refractivity contribution < 1.29 is 4.79 Å². The molecule has 1 N–H and O–H groups in total. The zero-order valence-electron chi connectivity index (χ0n) is 13.3. The van der Waals surface area contributed by atoms with Crippen LogP contribution in [0.1, 0.15) is 18.4 Å². The highest BCUT2D eigenvalue weighted by Crippen LogP contribution is 2.27. The lowest BCUT2D eigenvalue weighted by atomic mass is 9.90. The first-order valence-corrected chi connectivity index (χ1v) is 8.92. The Morgan fingerprint density at radius 3 is 2.46 bits per heavy atom. The number of likely N-dealkylation sites (tertiary alicyclic amines) is 1. The van der Waals surface area contributed by atoms with Crippen LogP contribution >= 0.6 is 23.2 Å². The van der Waals surface area contributed by atoms with Gasteiger partial charge in [-0.3, -0.25) is 0 Å². The number of amides is 2. The second-order valence-electron chi connectivity index (χ2n) is 6.17. The molecule has 0 unspecified atom stereocenters. The summed E-state index contributed by atoms with van der Waals surface area (Å²) in [6.45, 7) is 1.54. The maximum atomic E-state index is 12.4. The van der Waals surface area contributed by atoms with Crippen LogP contribution < -0.4 is 5.32 Å². The Hall–Kier alpha value is -1.71. The fourth-order valence-electron chi connectivity index (χ4n) is 3.07. The SMILES string of the molecule is O=C(Nc1ccc(Cl)cc1Cl)N1CCC(Cc2ccccc2)CC1. The smallest absolute Gasteiger partial charge is 0.321 e. The van der Waals surface area contributed by atoms with Crippen LogP contribution in [0.25, 0.3) is 0 Å². The highest BCUT2D eigenvalue weighted by molar-refractivity contribution is 6.36. The molecule has 0 aromatic heterocycles. The number of hydrogen-bond acceptors (Lipinski definition) is 1. The molecule has 0 radical (unpaired) electrons. The molecular formula is C19H20Cl2N2O. The number of anilines is 1. The van der Waals surface area contributed by atoms with Crippen molar-refractivity contribution in [1.82, 2.24) is 4.90 Å². The number of rotatable bonds is 3. The summed E-state index contributed by atoms with van der Waals surface area (Å²) < 4.78 is 0. The summed E-state index contributed by atoms with van der Waals surface area (Å²) in [5.41, 5.74) is 1.96. The largest absolute Gasteiger partial charge is 0.325 e. The summed E-state index contributed by atoms with van der Waals surface area (Å²) in [6, 6.07) is 15.5. The average Bonchev–Trinajstić information content (AvgIpc) is 2.59. The van der Waals surface area contributed by atoms with E-state index in [4.69, 9.17) is 23.2 Å². The molecule has 0 aliphatic carbocycles. The van der Waals surface area contributed by atoms with E-state index in [-0.39, 0.29) is 6.03 Å². The summed E-state index contributed by atoms with van der Waals surface area (Å²) >= 11 is 12.0. The minimum Gasteiger partial charge on any atom is -0.325 e. The Labute approximate surface area is 152 Å². The van der Waals surface area contributed by atoms with E-state index >= 15 is 0 Å². The fourth-order valence-corrected chi connectivity index (χ4v) is 3.53. The van der Waals surface area contributed by atoms with Gasteiger partial charge in [0.1, 0.15) is 0 Å². The second kappa shape index (κ2) is 7.91. The van der Waals surface area contributed by atoms with Gasteiger partial charge in [-0.05, 0) is 48.9 Å². The van der Waals surface area contributed by atoms with Gasteiger partial charge in [0.25, 0.3) is 0 Å². The van der Waals surface area contributed by atoms with Gasteiger partial charge in [0.2, 0.25) is 0 Å². The third-order valence-corrected chi connectivity index (χ3v) is 4.99. The molecule has 0 saturated carbocycles. The van der Waals surface area contributed by atoms with Crippen LogP contribution in [-0.2, 0) is 6.42 Å². The van der Waals surface area contributed by atoms with Gasteiger partial charge in [0.05, 0.1) is 10.7 Å². The molecule has 3 rings (SSSR count). The summed E-state index contributed by atoms with van der Waals surface area (Å²) in [4.78, 5) is 14.2. The first kappa shape index (κ1) is 17.1. The van der Waals surface area contributed by atoms with Crippen LogP contribution in [0.2, 0.25) is 10.0 Å². The molecule has 1 aliphatic heterocycles. The number of carbonyl (C=O) groups is 1. The highest BCUT2D eigenvalue weighted by Gasteiger charge is 2.23. The van der Waals surface area contributed by atoms with Crippen LogP contribution in [0.4, 0.5) is 10.5 Å². The van der Waals surface area contributed by atoms with E-state index in [1.54, 1.807) is 18.2 Å². The predicted octanol–water partition coefficient (Wildman–Crippen LogP) is 5.48. The van der Waals surface area contributed by atoms with E-state index < -0.39 is 0 Å². The molecule has 0 bridgehead atoms. The van der Waals surface area contributed by atoms with Crippen molar-refractivity contribution in [2.45, 2.75) is 19.3 Å². The Bertz CT molecular complexity index is 698. The van der Waals surface area contributed by atoms with Crippen molar-refractivity contribution in [2.75, 3.05) is 18.4 Å². The number of halogens is 2. The molecule has 126 valence electrons. The van der Waals surface area contributed by atoms with Gasteiger partial charge in [-0.2, -0.15) is 0 Å². The summed E-state index contributed by atoms with van der Waals surface area (Å²) in [6.07, 6.45) is 3.13. The molecule has 24 heavy (non-hydrogen) atoms. The summed E-state index contributed by atoms with van der Waals surface area (Å²) in [5, 5.41) is 3.88. The highest BCUT2D eigenvalue weighted by atomic mass is 35.5. The van der Waals surface area contributed by atoms with Crippen LogP contribution in [0.15, 0.2) is 48.5 Å². The third-order valence-electron chi connectivity index (χ3n) is 4.44. The normalized spacial score (nSPS) is 15.3. The average molecular weight is 363 g/mol. The van der Waals surface area contributed by atoms with Gasteiger partial charge in [-0.25, -0.2) is 4.79 Å². The molecule has 0 spiro atoms. The quantitative estimate of drug-likeness (QED) is 0.769. The van der Waals surface area contributed by atoms with E-state index in [0.29, 0.717) is 21.7 Å². The standard InChI is InChI=1S/C19H20Cl2N2O/c20-16-6-7-18(17(21)13-16)22-19(24)23-10-8-15(9-11-23)12-14-4-2-1-3-5-14/h1-7,13,15H,8-12H2,(H,22,24). The molecule has 2 amide bonds. The number of nitrogens with one attached hydrogen (secondary N) is 1. The monoisotopic (exact) mass is 362 g/mol. The minimum atomic E-state index is -0.0996. The van der Waals surface area contributed by atoms with Crippen LogP contribution in [0, 0.1) is 5.92 Å². The van der Waals surface area contributed by atoms with Crippen molar-refractivity contribution in [3.8, 4) is 0 Å². The molecule has 5 heteroatoms. The van der Waals surface area contributed by atoms with Gasteiger partial charge in [-0.1, -0.05) is 53.5 Å². The van der Waals surface area contributed by atoms with Crippen LogP contribution in [-0.4, -0.2) is 24.0 Å². The van der Waals surface area contributed by atoms with Gasteiger partial charge in [0, 0.05) is 18.1 Å². The molecule has 2 aromatic carbocycles. The second-order valence-corrected chi connectivity index (χ2v) is 7.02. The van der Waals surface area contributed by atoms with Crippen molar-refractivity contribution >= 4 is 34.9 Å². The zero-order valence-corrected chi connectivity index (χ0v) is 14.9. The number of hydrogen-bond donors (Lipinski definition) is 1. The lowest BCUT2D eigenvalue weighted by Gasteiger charge is -2.32. The third kappa shape index (κ3) is 4.43. The summed E-state index contributed by atoms with van der Waals surface area (Å²) in [7, 11) is 0. The van der Waals surface area contributed by atoms with Crippen molar-refractivity contribution in [3.05, 3.63) is 64.1 Å². The molecule has 0 atom stereocenters. The number of carbonyl (C=O) groups excluding carboxylic acids is 1. The zero-order chi connectivity index (χ0) is 16.9. The Morgan fingerprint density at radius 2 is 1.79 bits per heavy atom. The maximum Gasteiger partial charge on any atom is 0.321 e. The predicted molar refractivity (Wildman–Crippen MR) is 99.9 cm³/mol. The van der Waals surface area contributed by atoms with Crippen molar-refractivity contribution in [1.29, 1.82) is 0 Å². The first-order chi connectivity index (χ1) is 11.6. The van der Waals surface area contributed by atoms with E-state index in [9.17, 15) is 4.79 Å². The minimum absolute atomic E-state index is 0.0996. The molecule has 1 saturated heterocycles. The lowest BCUT2D eigenvalue weighted by Crippen LogP contribution is -2.41. The fraction of sp³-hybridized carbons (Fsp3) is 0.316. The number of nitrogens with zero attached hydrogens (tertiary/aromatic N) is 1. The van der Waals surface area contributed by atoms with Crippen molar-refractivity contribution in [3.63, 3.8) is 0 Å². The first-order valence-electron chi connectivity index (χ1n) is 8.17. The van der Waals surface area contributed by atoms with Gasteiger partial charge >= 0.3 is 6.03 Å². The topological polar surface area (TPSA) is 32.3 Å². The Kier molecular flexibility index (Phi) is 5.64.